The zero-order valence-corrected chi connectivity index (χ0v) is 18.6. The van der Waals surface area contributed by atoms with Crippen LogP contribution in [0, 0.1) is 0 Å². The van der Waals surface area contributed by atoms with Gasteiger partial charge in [0, 0.05) is 17.8 Å². The van der Waals surface area contributed by atoms with Gasteiger partial charge >= 0.3 is 0 Å². The van der Waals surface area contributed by atoms with Crippen LogP contribution < -0.4 is 9.62 Å². The lowest BCUT2D eigenvalue weighted by molar-refractivity contribution is 0.329. The summed E-state index contributed by atoms with van der Waals surface area (Å²) in [5, 5.41) is 10.2. The molecule has 0 fully saturated rings. The number of nitrogens with zero attached hydrogens (tertiary/aromatic N) is 1. The van der Waals surface area contributed by atoms with Gasteiger partial charge in [-0.25, -0.2) is 0 Å². The minimum Gasteiger partial charge on any atom is -0.507 e. The van der Waals surface area contributed by atoms with Crippen molar-refractivity contribution in [2.75, 3.05) is 11.4 Å². The lowest BCUT2D eigenvalue weighted by atomic mass is 9.87. The van der Waals surface area contributed by atoms with Crippen LogP contribution in [0.5, 0.6) is 5.75 Å². The number of unbranched alkanes of at least 4 members (excludes halogenated alkanes) is 2. The topological polar surface area (TPSA) is 35.5 Å². The molecule has 1 aliphatic heterocycles. The minimum atomic E-state index is 0.0492. The summed E-state index contributed by atoms with van der Waals surface area (Å²) >= 11 is 5.17. The average molecular weight is 449 g/mol. The Morgan fingerprint density at radius 2 is 1.78 bits per heavy atom. The molecule has 2 aromatic rings. The Hall–Kier alpha value is -1.17. The molecule has 0 atom stereocenters. The quantitative estimate of drug-likeness (QED) is 0.445. The molecule has 3 nitrogen and oxygen atoms in total. The van der Waals surface area contributed by atoms with Gasteiger partial charge in [-0.3, -0.25) is 4.72 Å². The number of anilines is 2. The van der Waals surface area contributed by atoms with E-state index in [9.17, 15) is 5.11 Å². The predicted octanol–water partition coefficient (Wildman–Crippen LogP) is 7.02. The highest BCUT2D eigenvalue weighted by Gasteiger charge is 2.36. The fourth-order valence-electron chi connectivity index (χ4n) is 3.66. The van der Waals surface area contributed by atoms with E-state index in [-0.39, 0.29) is 11.3 Å². The zero-order chi connectivity index (χ0) is 19.3. The van der Waals surface area contributed by atoms with Gasteiger partial charge in [0.25, 0.3) is 0 Å². The van der Waals surface area contributed by atoms with Gasteiger partial charge < -0.3 is 10.0 Å². The maximum absolute atomic E-state index is 10.2. The number of hydrogen-bond acceptors (Lipinski definition) is 4. The third kappa shape index (κ3) is 4.82. The summed E-state index contributed by atoms with van der Waals surface area (Å²) in [5.74, 6) is 0.283. The highest BCUT2D eigenvalue weighted by molar-refractivity contribution is 9.10. The Balaban J connectivity index is 2.06. The van der Waals surface area contributed by atoms with E-state index in [0.29, 0.717) is 0 Å². The summed E-state index contributed by atoms with van der Waals surface area (Å²) in [7, 11) is 0. The van der Waals surface area contributed by atoms with Gasteiger partial charge in [-0.15, -0.1) is 0 Å². The zero-order valence-electron chi connectivity index (χ0n) is 16.2. The van der Waals surface area contributed by atoms with Crippen molar-refractivity contribution in [3.8, 4) is 5.75 Å². The Labute approximate surface area is 175 Å². The smallest absolute Gasteiger partial charge is 0.131 e. The molecule has 1 heterocycles. The standard InChI is InChI=1S/C22H29BrN2OS/c1-3-5-12-22(13-6-4-2)16-25(17-10-8-7-9-11-17)19-14-18(23)20(26)15-21(19)27-24-22/h7-11,14-15,24,26H,3-6,12-13,16H2,1-2H3. The van der Waals surface area contributed by atoms with Crippen molar-refractivity contribution in [3.05, 3.63) is 46.9 Å². The van der Waals surface area contributed by atoms with Crippen molar-refractivity contribution in [3.63, 3.8) is 0 Å². The highest BCUT2D eigenvalue weighted by Crippen LogP contribution is 2.44. The maximum atomic E-state index is 10.2. The van der Waals surface area contributed by atoms with Crippen LogP contribution in [-0.4, -0.2) is 17.2 Å². The van der Waals surface area contributed by atoms with Crippen LogP contribution in [-0.2, 0) is 0 Å². The average Bonchev–Trinajstić information content (AvgIpc) is 2.84. The third-order valence-electron chi connectivity index (χ3n) is 5.24. The van der Waals surface area contributed by atoms with Crippen LogP contribution in [0.4, 0.5) is 11.4 Å². The first-order valence-corrected chi connectivity index (χ1v) is 11.5. The Kier molecular flexibility index (Phi) is 7.12. The van der Waals surface area contributed by atoms with Gasteiger partial charge in [-0.1, -0.05) is 57.7 Å². The molecule has 2 aromatic carbocycles. The van der Waals surface area contributed by atoms with E-state index in [0.717, 1.165) is 34.4 Å². The van der Waals surface area contributed by atoms with Crippen LogP contribution in [0.25, 0.3) is 0 Å². The largest absolute Gasteiger partial charge is 0.507 e. The molecule has 1 aliphatic rings. The molecule has 3 rings (SSSR count). The molecule has 27 heavy (non-hydrogen) atoms. The number of rotatable bonds is 7. The van der Waals surface area contributed by atoms with Crippen LogP contribution in [0.2, 0.25) is 0 Å². The fourth-order valence-corrected chi connectivity index (χ4v) is 5.03. The summed E-state index contributed by atoms with van der Waals surface area (Å²) in [6, 6.07) is 14.5. The second-order valence-corrected chi connectivity index (χ2v) is 9.09. The maximum Gasteiger partial charge on any atom is 0.131 e. The number of fused-ring (bicyclic) bond motifs is 1. The third-order valence-corrected chi connectivity index (χ3v) is 6.96. The second-order valence-electron chi connectivity index (χ2n) is 7.38. The minimum absolute atomic E-state index is 0.0492. The molecule has 146 valence electrons. The lowest BCUT2D eigenvalue weighted by Crippen LogP contribution is -2.49. The van der Waals surface area contributed by atoms with E-state index in [1.807, 2.05) is 12.1 Å². The summed E-state index contributed by atoms with van der Waals surface area (Å²) in [4.78, 5) is 3.48. The van der Waals surface area contributed by atoms with E-state index in [1.54, 1.807) is 11.9 Å². The summed E-state index contributed by atoms with van der Waals surface area (Å²) in [6.45, 7) is 5.45. The molecule has 0 amide bonds. The molecule has 5 heteroatoms. The lowest BCUT2D eigenvalue weighted by Gasteiger charge is -2.38. The number of halogens is 1. The number of hydrogen-bond donors (Lipinski definition) is 2. The molecular formula is C22H29BrN2OS. The van der Waals surface area contributed by atoms with Crippen LogP contribution >= 0.6 is 27.9 Å². The number of aromatic hydroxyl groups is 1. The number of phenolic OH excluding ortho intramolecular Hbond substituents is 1. The van der Waals surface area contributed by atoms with E-state index in [2.05, 4.69) is 69.7 Å². The Morgan fingerprint density at radius 1 is 1.11 bits per heavy atom. The normalized spacial score (nSPS) is 16.0. The van der Waals surface area contributed by atoms with Gasteiger partial charge in [-0.2, -0.15) is 0 Å². The van der Waals surface area contributed by atoms with Crippen LogP contribution in [0.3, 0.4) is 0 Å². The number of benzene rings is 2. The monoisotopic (exact) mass is 448 g/mol. The predicted molar refractivity (Wildman–Crippen MR) is 120 cm³/mol. The van der Waals surface area contributed by atoms with Crippen LogP contribution in [0.15, 0.2) is 51.8 Å². The van der Waals surface area contributed by atoms with Crippen molar-refractivity contribution < 1.29 is 5.11 Å². The van der Waals surface area contributed by atoms with Gasteiger partial charge in [0.15, 0.2) is 0 Å². The van der Waals surface area contributed by atoms with Crippen molar-refractivity contribution in [2.45, 2.75) is 62.8 Å². The van der Waals surface area contributed by atoms with Crippen molar-refractivity contribution >= 4 is 39.3 Å². The number of para-hydroxylation sites is 1. The first-order valence-electron chi connectivity index (χ1n) is 9.87. The van der Waals surface area contributed by atoms with E-state index >= 15 is 0 Å². The highest BCUT2D eigenvalue weighted by atomic mass is 79.9. The molecule has 0 saturated heterocycles. The van der Waals surface area contributed by atoms with Gasteiger partial charge in [0.1, 0.15) is 5.75 Å². The summed E-state index contributed by atoms with van der Waals surface area (Å²) < 4.78 is 4.55. The number of phenols is 1. The van der Waals surface area contributed by atoms with E-state index in [4.69, 9.17) is 0 Å². The molecule has 0 spiro atoms. The van der Waals surface area contributed by atoms with Gasteiger partial charge in [-0.05, 0) is 65.0 Å². The first kappa shape index (κ1) is 20.6. The molecule has 0 bridgehead atoms. The first-order chi connectivity index (χ1) is 13.1. The molecular weight excluding hydrogens is 420 g/mol. The molecule has 0 saturated carbocycles. The molecule has 2 N–H and O–H groups in total. The number of nitrogens with one attached hydrogen (secondary N) is 1. The van der Waals surface area contributed by atoms with Gasteiger partial charge in [0.2, 0.25) is 0 Å². The molecule has 0 radical (unpaired) electrons. The summed E-state index contributed by atoms with van der Waals surface area (Å²) in [6.07, 6.45) is 7.13. The fraction of sp³-hybridized carbons (Fsp3) is 0.455. The van der Waals surface area contributed by atoms with Crippen molar-refractivity contribution in [2.24, 2.45) is 0 Å². The Bertz CT molecular complexity index is 745. The molecule has 0 aliphatic carbocycles. The second kappa shape index (κ2) is 9.35. The van der Waals surface area contributed by atoms with Crippen LogP contribution in [0.1, 0.15) is 52.4 Å². The Morgan fingerprint density at radius 3 is 2.41 bits per heavy atom. The SMILES string of the molecule is CCCCC1(CCCC)CN(c2ccccc2)c2cc(Br)c(O)cc2SN1. The van der Waals surface area contributed by atoms with Gasteiger partial charge in [0.05, 0.1) is 15.1 Å². The van der Waals surface area contributed by atoms with E-state index in [1.165, 1.54) is 31.4 Å². The van der Waals surface area contributed by atoms with E-state index < -0.39 is 0 Å². The molecule has 0 aromatic heterocycles. The molecule has 0 unspecified atom stereocenters. The van der Waals surface area contributed by atoms with Crippen molar-refractivity contribution in [1.82, 2.24) is 4.72 Å². The summed E-state index contributed by atoms with van der Waals surface area (Å²) in [5.41, 5.74) is 2.38. The van der Waals surface area contributed by atoms with Crippen molar-refractivity contribution in [1.29, 1.82) is 0 Å².